The first kappa shape index (κ1) is 14.5. The van der Waals surface area contributed by atoms with Gasteiger partial charge in [-0.25, -0.2) is 4.39 Å². The number of cyclic esters (lactones) is 1. The van der Waals surface area contributed by atoms with Crippen LogP contribution in [0.3, 0.4) is 0 Å². The molecule has 0 spiro atoms. The predicted octanol–water partition coefficient (Wildman–Crippen LogP) is 1.40. The number of carbonyl (C=O) groups is 2. The van der Waals surface area contributed by atoms with Gasteiger partial charge in [-0.3, -0.25) is 14.5 Å². The molecule has 0 radical (unpaired) electrons. The summed E-state index contributed by atoms with van der Waals surface area (Å²) in [5, 5.41) is 2.64. The van der Waals surface area contributed by atoms with Crippen LogP contribution < -0.4 is 5.32 Å². The van der Waals surface area contributed by atoms with Crippen LogP contribution in [-0.2, 0) is 14.3 Å². The van der Waals surface area contributed by atoms with E-state index < -0.39 is 6.04 Å². The number of rotatable bonds is 4. The van der Waals surface area contributed by atoms with Gasteiger partial charge in [0.2, 0.25) is 5.91 Å². The Hall–Kier alpha value is -1.95. The largest absolute Gasteiger partial charge is 0.463 e. The van der Waals surface area contributed by atoms with Crippen LogP contribution >= 0.6 is 0 Å². The smallest absolute Gasteiger partial charge is 0.323 e. The first-order valence-electron chi connectivity index (χ1n) is 6.56. The molecule has 1 atom stereocenters. The third kappa shape index (κ3) is 3.54. The summed E-state index contributed by atoms with van der Waals surface area (Å²) in [4.78, 5) is 25.5. The van der Waals surface area contributed by atoms with Crippen molar-refractivity contribution in [2.75, 3.05) is 25.0 Å². The van der Waals surface area contributed by atoms with Crippen LogP contribution in [0.1, 0.15) is 13.3 Å². The molecule has 20 heavy (non-hydrogen) atoms. The maximum Gasteiger partial charge on any atom is 0.323 e. The summed E-state index contributed by atoms with van der Waals surface area (Å²) < 4.78 is 17.7. The average molecular weight is 280 g/mol. The van der Waals surface area contributed by atoms with E-state index >= 15 is 0 Å². The number of nitrogens with one attached hydrogen (secondary N) is 1. The molecule has 0 aromatic heterocycles. The number of anilines is 1. The maximum atomic E-state index is 12.8. The van der Waals surface area contributed by atoms with Crippen molar-refractivity contribution >= 4 is 17.6 Å². The Labute approximate surface area is 116 Å². The summed E-state index contributed by atoms with van der Waals surface area (Å²) in [6.45, 7) is 3.62. The summed E-state index contributed by atoms with van der Waals surface area (Å²) in [5.74, 6) is -1.03. The van der Waals surface area contributed by atoms with Gasteiger partial charge >= 0.3 is 5.97 Å². The average Bonchev–Trinajstić information content (AvgIpc) is 2.43. The fourth-order valence-electron chi connectivity index (χ4n) is 2.18. The van der Waals surface area contributed by atoms with Crippen LogP contribution in [0.4, 0.5) is 10.1 Å². The molecule has 6 heteroatoms. The molecule has 1 aromatic rings. The lowest BCUT2D eigenvalue weighted by Gasteiger charge is -2.32. The number of ether oxygens (including phenoxy) is 1. The zero-order valence-electron chi connectivity index (χ0n) is 11.3. The Morgan fingerprint density at radius 1 is 1.45 bits per heavy atom. The molecule has 1 N–H and O–H groups in total. The van der Waals surface area contributed by atoms with Crippen molar-refractivity contribution in [3.05, 3.63) is 30.1 Å². The molecule has 0 aliphatic carbocycles. The second kappa shape index (κ2) is 6.47. The summed E-state index contributed by atoms with van der Waals surface area (Å²) in [5.41, 5.74) is 0.503. The lowest BCUT2D eigenvalue weighted by Crippen LogP contribution is -2.50. The van der Waals surface area contributed by atoms with Gasteiger partial charge in [-0.15, -0.1) is 0 Å². The molecule has 1 amide bonds. The summed E-state index contributed by atoms with van der Waals surface area (Å²) in [7, 11) is 0. The number of esters is 1. The van der Waals surface area contributed by atoms with E-state index in [9.17, 15) is 14.0 Å². The predicted molar refractivity (Wildman–Crippen MR) is 71.6 cm³/mol. The Balaban J connectivity index is 1.95. The highest BCUT2D eigenvalue weighted by molar-refractivity contribution is 5.94. The summed E-state index contributed by atoms with van der Waals surface area (Å²) in [6, 6.07) is 4.94. The molecule has 0 saturated carbocycles. The second-order valence-electron chi connectivity index (χ2n) is 4.57. The van der Waals surface area contributed by atoms with E-state index in [1.165, 1.54) is 24.3 Å². The van der Waals surface area contributed by atoms with E-state index in [1.807, 2.05) is 11.8 Å². The van der Waals surface area contributed by atoms with Gasteiger partial charge in [-0.05, 0) is 30.8 Å². The van der Waals surface area contributed by atoms with E-state index in [1.54, 1.807) is 0 Å². The Bertz CT molecular complexity index is 490. The fraction of sp³-hybridized carbons (Fsp3) is 0.429. The van der Waals surface area contributed by atoms with Crippen LogP contribution in [-0.4, -0.2) is 42.5 Å². The number of halogens is 1. The lowest BCUT2D eigenvalue weighted by atomic mass is 10.1. The first-order valence-corrected chi connectivity index (χ1v) is 6.56. The fourth-order valence-corrected chi connectivity index (χ4v) is 2.18. The molecule has 2 rings (SSSR count). The molecular weight excluding hydrogens is 263 g/mol. The van der Waals surface area contributed by atoms with Gasteiger partial charge in [0.25, 0.3) is 0 Å². The van der Waals surface area contributed by atoms with E-state index in [0.717, 1.165) is 0 Å². The summed E-state index contributed by atoms with van der Waals surface area (Å²) in [6.07, 6.45) is 0.0318. The van der Waals surface area contributed by atoms with Crippen molar-refractivity contribution in [3.8, 4) is 0 Å². The quantitative estimate of drug-likeness (QED) is 0.847. The molecule has 1 saturated heterocycles. The minimum Gasteiger partial charge on any atom is -0.463 e. The van der Waals surface area contributed by atoms with Crippen LogP contribution in [0.25, 0.3) is 0 Å². The third-order valence-corrected chi connectivity index (χ3v) is 3.25. The van der Waals surface area contributed by atoms with Gasteiger partial charge in [-0.2, -0.15) is 0 Å². The molecule has 0 bridgehead atoms. The highest BCUT2D eigenvalue weighted by atomic mass is 19.1. The molecule has 1 heterocycles. The van der Waals surface area contributed by atoms with Crippen molar-refractivity contribution in [1.29, 1.82) is 0 Å². The van der Waals surface area contributed by atoms with Gasteiger partial charge in [0, 0.05) is 12.2 Å². The number of amides is 1. The van der Waals surface area contributed by atoms with Crippen LogP contribution in [0, 0.1) is 5.82 Å². The monoisotopic (exact) mass is 280 g/mol. The van der Waals surface area contributed by atoms with Gasteiger partial charge in [0.05, 0.1) is 6.42 Å². The number of hydrogen-bond donors (Lipinski definition) is 1. The Morgan fingerprint density at radius 3 is 2.80 bits per heavy atom. The number of hydrogen-bond acceptors (Lipinski definition) is 4. The van der Waals surface area contributed by atoms with E-state index in [4.69, 9.17) is 4.74 Å². The van der Waals surface area contributed by atoms with Crippen molar-refractivity contribution in [2.24, 2.45) is 0 Å². The normalized spacial score (nSPS) is 19.5. The number of morpholine rings is 1. The number of benzene rings is 1. The SMILES string of the molecule is CCN1CCOC(=O)[C@@H]1CC(=O)Nc1ccc(F)cc1. The lowest BCUT2D eigenvalue weighted by molar-refractivity contribution is -0.158. The van der Waals surface area contributed by atoms with Gasteiger partial charge in [-0.1, -0.05) is 6.92 Å². The zero-order chi connectivity index (χ0) is 14.5. The van der Waals surface area contributed by atoms with Crippen LogP contribution in [0.15, 0.2) is 24.3 Å². The van der Waals surface area contributed by atoms with E-state index in [-0.39, 0.29) is 24.1 Å². The molecule has 1 aromatic carbocycles. The minimum absolute atomic E-state index is 0.0318. The van der Waals surface area contributed by atoms with Gasteiger partial charge in [0.1, 0.15) is 18.5 Å². The van der Waals surface area contributed by atoms with Crippen molar-refractivity contribution < 1.29 is 18.7 Å². The molecular formula is C14H17FN2O3. The first-order chi connectivity index (χ1) is 9.60. The number of carbonyl (C=O) groups excluding carboxylic acids is 2. The molecule has 1 aliphatic heterocycles. The number of nitrogens with zero attached hydrogens (tertiary/aromatic N) is 1. The molecule has 108 valence electrons. The number of likely N-dealkylation sites (N-methyl/N-ethyl adjacent to an activating group) is 1. The highest BCUT2D eigenvalue weighted by Crippen LogP contribution is 2.14. The molecule has 1 aliphatic rings. The van der Waals surface area contributed by atoms with Crippen molar-refractivity contribution in [1.82, 2.24) is 4.90 Å². The zero-order valence-corrected chi connectivity index (χ0v) is 11.3. The van der Waals surface area contributed by atoms with Gasteiger partial charge in [0.15, 0.2) is 0 Å². The maximum absolute atomic E-state index is 12.8. The standard InChI is InChI=1S/C14H17FN2O3/c1-2-17-7-8-20-14(19)12(17)9-13(18)16-11-5-3-10(15)4-6-11/h3-6,12H,2,7-9H2,1H3,(H,16,18)/t12-/m0/s1. The van der Waals surface area contributed by atoms with Crippen LogP contribution in [0.5, 0.6) is 0 Å². The van der Waals surface area contributed by atoms with Crippen LogP contribution in [0.2, 0.25) is 0 Å². The van der Waals surface area contributed by atoms with E-state index in [2.05, 4.69) is 5.32 Å². The molecule has 0 unspecified atom stereocenters. The minimum atomic E-state index is -0.547. The molecule has 5 nitrogen and oxygen atoms in total. The topological polar surface area (TPSA) is 58.6 Å². The highest BCUT2D eigenvalue weighted by Gasteiger charge is 2.32. The summed E-state index contributed by atoms with van der Waals surface area (Å²) >= 11 is 0. The third-order valence-electron chi connectivity index (χ3n) is 3.25. The van der Waals surface area contributed by atoms with Crippen molar-refractivity contribution in [2.45, 2.75) is 19.4 Å². The second-order valence-corrected chi connectivity index (χ2v) is 4.57. The Kier molecular flexibility index (Phi) is 4.68. The van der Waals surface area contributed by atoms with Gasteiger partial charge < -0.3 is 10.1 Å². The van der Waals surface area contributed by atoms with Crippen molar-refractivity contribution in [3.63, 3.8) is 0 Å². The molecule has 1 fully saturated rings. The Morgan fingerprint density at radius 2 is 2.15 bits per heavy atom. The van der Waals surface area contributed by atoms with E-state index in [0.29, 0.717) is 25.4 Å².